The lowest BCUT2D eigenvalue weighted by atomic mass is 10.1. The maximum Gasteiger partial charge on any atom is 0.316 e. The van der Waals surface area contributed by atoms with Gasteiger partial charge in [-0.25, -0.2) is 0 Å². The molecule has 1 aliphatic rings. The predicted molar refractivity (Wildman–Crippen MR) is 100 cm³/mol. The fraction of sp³-hybridized carbons (Fsp3) is 0.300. The first-order valence-electron chi connectivity index (χ1n) is 8.32. The molecule has 1 aliphatic heterocycles. The molecule has 1 saturated heterocycles. The van der Waals surface area contributed by atoms with Crippen LogP contribution in [0.5, 0.6) is 11.5 Å². The van der Waals surface area contributed by atoms with E-state index in [0.717, 1.165) is 11.1 Å². The van der Waals surface area contributed by atoms with E-state index in [2.05, 4.69) is 0 Å². The first-order chi connectivity index (χ1) is 12.4. The van der Waals surface area contributed by atoms with Gasteiger partial charge in [-0.2, -0.15) is 0 Å². The summed E-state index contributed by atoms with van der Waals surface area (Å²) in [7, 11) is 1.53. The van der Waals surface area contributed by atoms with Gasteiger partial charge in [0.1, 0.15) is 11.5 Å². The summed E-state index contributed by atoms with van der Waals surface area (Å²) in [5.74, 6) is -0.0392. The second-order valence-electron chi connectivity index (χ2n) is 6.41. The maximum atomic E-state index is 12.6. The molecule has 3 rings (SSSR count). The van der Waals surface area contributed by atoms with E-state index in [1.807, 2.05) is 32.0 Å². The zero-order chi connectivity index (χ0) is 18.8. The summed E-state index contributed by atoms with van der Waals surface area (Å²) in [6.07, 6.45) is 0.0966. The summed E-state index contributed by atoms with van der Waals surface area (Å²) in [5, 5.41) is 0.495. The number of anilines is 1. The molecule has 1 amide bonds. The number of halogens is 1. The van der Waals surface area contributed by atoms with Crippen molar-refractivity contribution in [1.29, 1.82) is 0 Å². The number of benzene rings is 2. The van der Waals surface area contributed by atoms with Crippen molar-refractivity contribution in [3.63, 3.8) is 0 Å². The van der Waals surface area contributed by atoms with Crippen molar-refractivity contribution in [3.8, 4) is 11.5 Å². The van der Waals surface area contributed by atoms with Gasteiger partial charge < -0.3 is 14.4 Å². The van der Waals surface area contributed by atoms with Gasteiger partial charge in [0.25, 0.3) is 0 Å². The van der Waals surface area contributed by atoms with E-state index < -0.39 is 11.9 Å². The number of hydrogen-bond acceptors (Lipinski definition) is 4. The van der Waals surface area contributed by atoms with Crippen LogP contribution in [0.2, 0.25) is 5.02 Å². The Kier molecular flexibility index (Phi) is 5.18. The quantitative estimate of drug-likeness (QED) is 0.602. The summed E-state index contributed by atoms with van der Waals surface area (Å²) in [6.45, 7) is 4.05. The fourth-order valence-corrected chi connectivity index (χ4v) is 3.15. The maximum absolute atomic E-state index is 12.6. The summed E-state index contributed by atoms with van der Waals surface area (Å²) in [4.78, 5) is 26.6. The summed E-state index contributed by atoms with van der Waals surface area (Å²) in [5.41, 5.74) is 2.44. The standard InChI is InChI=1S/C20H20ClNO4/c1-12-4-5-13(2)18(8-12)26-20(24)14-9-19(23)22(11-14)16-10-15(21)6-7-17(16)25-3/h4-8,10,14H,9,11H2,1-3H3/t14-/m0/s1. The number of methoxy groups -OCH3 is 1. The number of carbonyl (C=O) groups excluding carboxylic acids is 2. The lowest BCUT2D eigenvalue weighted by Gasteiger charge is -2.19. The van der Waals surface area contributed by atoms with Crippen LogP contribution < -0.4 is 14.4 Å². The number of nitrogens with zero attached hydrogens (tertiary/aromatic N) is 1. The summed E-state index contributed by atoms with van der Waals surface area (Å²) < 4.78 is 10.9. The van der Waals surface area contributed by atoms with Gasteiger partial charge in [-0.05, 0) is 49.2 Å². The largest absolute Gasteiger partial charge is 0.495 e. The van der Waals surface area contributed by atoms with Gasteiger partial charge >= 0.3 is 5.97 Å². The van der Waals surface area contributed by atoms with Crippen LogP contribution in [0.1, 0.15) is 17.5 Å². The van der Waals surface area contributed by atoms with Crippen molar-refractivity contribution in [2.24, 2.45) is 5.92 Å². The zero-order valence-corrected chi connectivity index (χ0v) is 15.7. The average Bonchev–Trinajstić information content (AvgIpc) is 3.00. The topological polar surface area (TPSA) is 55.8 Å². The Morgan fingerprint density at radius 2 is 1.92 bits per heavy atom. The van der Waals surface area contributed by atoms with Crippen LogP contribution in [-0.2, 0) is 9.59 Å². The smallest absolute Gasteiger partial charge is 0.316 e. The second kappa shape index (κ2) is 7.38. The average molecular weight is 374 g/mol. The monoisotopic (exact) mass is 373 g/mol. The molecule has 2 aromatic rings. The van der Waals surface area contributed by atoms with Crippen LogP contribution in [-0.4, -0.2) is 25.5 Å². The number of ether oxygens (including phenoxy) is 2. The van der Waals surface area contributed by atoms with Crippen molar-refractivity contribution in [2.75, 3.05) is 18.6 Å². The minimum absolute atomic E-state index is 0.0966. The van der Waals surface area contributed by atoms with E-state index in [9.17, 15) is 9.59 Å². The van der Waals surface area contributed by atoms with E-state index in [4.69, 9.17) is 21.1 Å². The van der Waals surface area contributed by atoms with Crippen molar-refractivity contribution in [1.82, 2.24) is 0 Å². The van der Waals surface area contributed by atoms with Gasteiger partial charge in [-0.3, -0.25) is 9.59 Å². The number of carbonyl (C=O) groups is 2. The van der Waals surface area contributed by atoms with Crippen molar-refractivity contribution >= 4 is 29.2 Å². The van der Waals surface area contributed by atoms with Gasteiger partial charge in [-0.15, -0.1) is 0 Å². The molecule has 1 heterocycles. The van der Waals surface area contributed by atoms with Crippen molar-refractivity contribution in [3.05, 3.63) is 52.5 Å². The second-order valence-corrected chi connectivity index (χ2v) is 6.85. The number of esters is 1. The lowest BCUT2D eigenvalue weighted by Crippen LogP contribution is -2.27. The highest BCUT2D eigenvalue weighted by atomic mass is 35.5. The van der Waals surface area contributed by atoms with Gasteiger partial charge in [0, 0.05) is 18.0 Å². The molecule has 26 heavy (non-hydrogen) atoms. The predicted octanol–water partition coefficient (Wildman–Crippen LogP) is 3.92. The molecule has 1 atom stereocenters. The molecule has 0 spiro atoms. The summed E-state index contributed by atoms with van der Waals surface area (Å²) in [6, 6.07) is 10.7. The minimum atomic E-state index is -0.536. The van der Waals surface area contributed by atoms with Gasteiger partial charge in [-0.1, -0.05) is 23.7 Å². The van der Waals surface area contributed by atoms with E-state index >= 15 is 0 Å². The number of hydrogen-bond donors (Lipinski definition) is 0. The van der Waals surface area contributed by atoms with Crippen LogP contribution in [0.15, 0.2) is 36.4 Å². The molecule has 1 fully saturated rings. The van der Waals surface area contributed by atoms with Gasteiger partial charge in [0.15, 0.2) is 0 Å². The number of aryl methyl sites for hydroxylation is 2. The molecule has 0 aromatic heterocycles. The highest BCUT2D eigenvalue weighted by Crippen LogP contribution is 2.35. The van der Waals surface area contributed by atoms with Crippen LogP contribution in [0.4, 0.5) is 5.69 Å². The molecule has 0 radical (unpaired) electrons. The van der Waals surface area contributed by atoms with E-state index in [0.29, 0.717) is 22.2 Å². The van der Waals surface area contributed by atoms with Crippen LogP contribution in [0.25, 0.3) is 0 Å². The highest BCUT2D eigenvalue weighted by Gasteiger charge is 2.37. The molecule has 0 bridgehead atoms. The van der Waals surface area contributed by atoms with Crippen LogP contribution >= 0.6 is 11.6 Å². The molecular weight excluding hydrogens is 354 g/mol. The Morgan fingerprint density at radius 1 is 1.15 bits per heavy atom. The zero-order valence-electron chi connectivity index (χ0n) is 14.9. The molecule has 136 valence electrons. The Morgan fingerprint density at radius 3 is 2.65 bits per heavy atom. The van der Waals surface area contributed by atoms with Crippen LogP contribution in [0.3, 0.4) is 0 Å². The summed E-state index contributed by atoms with van der Waals surface area (Å²) >= 11 is 6.05. The van der Waals surface area contributed by atoms with Crippen LogP contribution in [0, 0.1) is 19.8 Å². The lowest BCUT2D eigenvalue weighted by molar-refractivity contribution is -0.139. The molecule has 6 heteroatoms. The number of rotatable bonds is 4. The van der Waals surface area contributed by atoms with E-state index in [-0.39, 0.29) is 18.9 Å². The molecule has 5 nitrogen and oxygen atoms in total. The third-order valence-electron chi connectivity index (χ3n) is 4.44. The molecule has 0 N–H and O–H groups in total. The Labute approximate surface area is 157 Å². The first-order valence-corrected chi connectivity index (χ1v) is 8.69. The third-order valence-corrected chi connectivity index (χ3v) is 4.68. The van der Waals surface area contributed by atoms with Gasteiger partial charge in [0.2, 0.25) is 5.91 Å². The Bertz CT molecular complexity index is 865. The SMILES string of the molecule is COc1ccc(Cl)cc1N1C[C@@H](C(=O)Oc2cc(C)ccc2C)CC1=O. The molecule has 0 aliphatic carbocycles. The Hall–Kier alpha value is -2.53. The minimum Gasteiger partial charge on any atom is -0.495 e. The molecule has 2 aromatic carbocycles. The first kappa shape index (κ1) is 18.3. The molecule has 0 saturated carbocycles. The Balaban J connectivity index is 1.78. The molecular formula is C20H20ClNO4. The van der Waals surface area contributed by atoms with E-state index in [1.54, 1.807) is 18.2 Å². The molecule has 0 unspecified atom stereocenters. The third kappa shape index (κ3) is 3.68. The highest BCUT2D eigenvalue weighted by molar-refractivity contribution is 6.31. The van der Waals surface area contributed by atoms with Crippen molar-refractivity contribution < 1.29 is 19.1 Å². The van der Waals surface area contributed by atoms with E-state index in [1.165, 1.54) is 12.0 Å². The normalized spacial score (nSPS) is 16.7. The number of amides is 1. The fourth-order valence-electron chi connectivity index (χ4n) is 2.98. The van der Waals surface area contributed by atoms with Gasteiger partial charge in [0.05, 0.1) is 18.7 Å². The van der Waals surface area contributed by atoms with Crippen molar-refractivity contribution in [2.45, 2.75) is 20.3 Å².